The van der Waals surface area contributed by atoms with Crippen LogP contribution in [-0.4, -0.2) is 27.1 Å². The molecule has 0 unspecified atom stereocenters. The molecule has 0 heterocycles. The van der Waals surface area contributed by atoms with Gasteiger partial charge in [-0.2, -0.15) is 4.74 Å². The Bertz CT molecular complexity index is 509. The summed E-state index contributed by atoms with van der Waals surface area (Å²) in [6, 6.07) is 17.7. The van der Waals surface area contributed by atoms with E-state index in [1.54, 1.807) is 48.5 Å². The van der Waals surface area contributed by atoms with Crippen LogP contribution in [-0.2, 0) is 0 Å². The van der Waals surface area contributed by atoms with Gasteiger partial charge >= 0.3 is 0 Å². The lowest BCUT2D eigenvalue weighted by Gasteiger charge is -1.99. The quantitative estimate of drug-likeness (QED) is 0.295. The average molecular weight is 241 g/mol. The van der Waals surface area contributed by atoms with Crippen molar-refractivity contribution in [2.45, 2.75) is 0 Å². The van der Waals surface area contributed by atoms with Gasteiger partial charge in [0.2, 0.25) is 11.9 Å². The summed E-state index contributed by atoms with van der Waals surface area (Å²) in [5, 5.41) is 21.4. The second-order valence-electron chi connectivity index (χ2n) is 3.64. The maximum absolute atomic E-state index is 11.7. The van der Waals surface area contributed by atoms with Crippen molar-refractivity contribution in [2.24, 2.45) is 0 Å². The minimum atomic E-state index is 0.509. The van der Waals surface area contributed by atoms with Gasteiger partial charge in [-0.1, -0.05) is 36.4 Å². The fourth-order valence-corrected chi connectivity index (χ4v) is 1.45. The van der Waals surface area contributed by atoms with Crippen LogP contribution < -0.4 is 0 Å². The van der Waals surface area contributed by atoms with Crippen molar-refractivity contribution in [3.8, 4) is 0 Å². The number of rotatable bonds is 3. The summed E-state index contributed by atoms with van der Waals surface area (Å²) in [6.45, 7) is 0. The van der Waals surface area contributed by atoms with Crippen LogP contribution in [0.25, 0.3) is 0 Å². The first-order valence-corrected chi connectivity index (χ1v) is 5.50. The highest BCUT2D eigenvalue weighted by Crippen LogP contribution is 2.08. The summed E-state index contributed by atoms with van der Waals surface area (Å²) in [5.74, 6) is 0. The monoisotopic (exact) mass is 241 g/mol. The molecule has 0 amide bonds. The van der Waals surface area contributed by atoms with Crippen molar-refractivity contribution in [1.82, 2.24) is 0 Å². The average Bonchev–Trinajstić information content (AvgIpc) is 2.46. The van der Waals surface area contributed by atoms with Crippen molar-refractivity contribution in [3.05, 3.63) is 65.9 Å². The number of hydrogen-bond donors (Lipinski definition) is 1. The standard InChI is InChI=1S/C14H13N2O2/c17-15(13-7-3-1-4-8-13)11-12-16(18)14-9-5-2-6-10-14/h1-12,17H/q+1. The summed E-state index contributed by atoms with van der Waals surface area (Å²) in [5.41, 5.74) is 1.10. The SMILES string of the molecule is [O-][N+](=CC=[N+](O)c1ccccc1)c1ccccc1. The molecule has 4 nitrogen and oxygen atoms in total. The lowest BCUT2D eigenvalue weighted by Crippen LogP contribution is -2.06. The van der Waals surface area contributed by atoms with Gasteiger partial charge in [0.1, 0.15) is 0 Å². The zero-order chi connectivity index (χ0) is 12.8. The molecule has 1 N–H and O–H groups in total. The zero-order valence-corrected chi connectivity index (χ0v) is 9.68. The lowest BCUT2D eigenvalue weighted by molar-refractivity contribution is -0.708. The molecule has 0 aliphatic carbocycles. The Morgan fingerprint density at radius 2 is 1.28 bits per heavy atom. The number of hydrogen-bond acceptors (Lipinski definition) is 2. The number of nitrogens with zero attached hydrogens (tertiary/aromatic N) is 2. The van der Waals surface area contributed by atoms with Gasteiger partial charge in [0.15, 0.2) is 0 Å². The highest BCUT2D eigenvalue weighted by Gasteiger charge is 2.06. The van der Waals surface area contributed by atoms with Gasteiger partial charge in [-0.15, -0.1) is 0 Å². The first-order chi connectivity index (χ1) is 8.77. The molecule has 90 valence electrons. The van der Waals surface area contributed by atoms with Crippen LogP contribution in [0, 0.1) is 5.21 Å². The van der Waals surface area contributed by atoms with Crippen LogP contribution in [0.2, 0.25) is 0 Å². The van der Waals surface area contributed by atoms with E-state index >= 15 is 0 Å². The molecule has 0 aliphatic rings. The third kappa shape index (κ3) is 2.95. The molecule has 0 aliphatic heterocycles. The molecule has 4 heteroatoms. The number of benzene rings is 2. The summed E-state index contributed by atoms with van der Waals surface area (Å²) in [4.78, 5) is 0. The fraction of sp³-hybridized carbons (Fsp3) is 0. The molecule has 2 aromatic rings. The van der Waals surface area contributed by atoms with E-state index in [0.717, 1.165) is 4.74 Å². The minimum absolute atomic E-state index is 0.509. The van der Waals surface area contributed by atoms with Gasteiger partial charge in [0, 0.05) is 29.0 Å². The Labute approximate surface area is 105 Å². The number of para-hydroxylation sites is 2. The van der Waals surface area contributed by atoms with E-state index in [4.69, 9.17) is 0 Å². The van der Waals surface area contributed by atoms with E-state index in [-0.39, 0.29) is 0 Å². The maximum atomic E-state index is 11.7. The van der Waals surface area contributed by atoms with Crippen molar-refractivity contribution < 1.29 is 14.7 Å². The van der Waals surface area contributed by atoms with Crippen LogP contribution in [0.3, 0.4) is 0 Å². The van der Waals surface area contributed by atoms with E-state index < -0.39 is 0 Å². The Kier molecular flexibility index (Phi) is 3.71. The topological polar surface area (TPSA) is 49.3 Å². The van der Waals surface area contributed by atoms with Gasteiger partial charge in [0.05, 0.1) is 0 Å². The molecule has 18 heavy (non-hydrogen) atoms. The minimum Gasteiger partial charge on any atom is -0.618 e. The van der Waals surface area contributed by atoms with Crippen LogP contribution in [0.4, 0.5) is 11.4 Å². The molecule has 0 bridgehead atoms. The highest BCUT2D eigenvalue weighted by atomic mass is 16.5. The van der Waals surface area contributed by atoms with Crippen LogP contribution in [0.1, 0.15) is 0 Å². The van der Waals surface area contributed by atoms with E-state index in [9.17, 15) is 10.4 Å². The van der Waals surface area contributed by atoms with Gasteiger partial charge in [-0.25, -0.2) is 0 Å². The predicted octanol–water partition coefficient (Wildman–Crippen LogP) is 2.70. The molecule has 0 atom stereocenters. The van der Waals surface area contributed by atoms with Gasteiger partial charge in [0.25, 0.3) is 11.9 Å². The van der Waals surface area contributed by atoms with Crippen molar-refractivity contribution in [2.75, 3.05) is 0 Å². The molecule has 0 aromatic heterocycles. The summed E-state index contributed by atoms with van der Waals surface area (Å²) >= 11 is 0. The Balaban J connectivity index is 2.20. The summed E-state index contributed by atoms with van der Waals surface area (Å²) in [6.07, 6.45) is 2.55. The van der Waals surface area contributed by atoms with E-state index in [2.05, 4.69) is 0 Å². The molecule has 2 rings (SSSR count). The van der Waals surface area contributed by atoms with Crippen molar-refractivity contribution in [1.29, 1.82) is 0 Å². The Morgan fingerprint density at radius 3 is 1.83 bits per heavy atom. The molecule has 0 fully saturated rings. The molecular weight excluding hydrogens is 228 g/mol. The molecule has 0 saturated heterocycles. The normalized spacial score (nSPS) is 12.4. The van der Waals surface area contributed by atoms with Gasteiger partial charge in [-0.05, 0) is 0 Å². The lowest BCUT2D eigenvalue weighted by atomic mass is 10.3. The third-order valence-corrected chi connectivity index (χ3v) is 2.37. The van der Waals surface area contributed by atoms with E-state index in [0.29, 0.717) is 16.1 Å². The molecule has 0 radical (unpaired) electrons. The smallest absolute Gasteiger partial charge is 0.287 e. The second-order valence-corrected chi connectivity index (χ2v) is 3.64. The van der Waals surface area contributed by atoms with Crippen molar-refractivity contribution >= 4 is 23.8 Å². The molecule has 0 spiro atoms. The van der Waals surface area contributed by atoms with Gasteiger partial charge < -0.3 is 5.21 Å². The first kappa shape index (κ1) is 11.9. The maximum Gasteiger partial charge on any atom is 0.287 e. The highest BCUT2D eigenvalue weighted by molar-refractivity contribution is 6.11. The molecule has 0 saturated carbocycles. The first-order valence-electron chi connectivity index (χ1n) is 5.50. The van der Waals surface area contributed by atoms with Crippen LogP contribution in [0.15, 0.2) is 60.7 Å². The van der Waals surface area contributed by atoms with E-state index in [1.165, 1.54) is 12.4 Å². The second kappa shape index (κ2) is 5.63. The molecule has 2 aromatic carbocycles. The Morgan fingerprint density at radius 1 is 0.778 bits per heavy atom. The van der Waals surface area contributed by atoms with Crippen LogP contribution in [0.5, 0.6) is 0 Å². The third-order valence-electron chi connectivity index (χ3n) is 2.37. The zero-order valence-electron chi connectivity index (χ0n) is 9.68. The fourth-order valence-electron chi connectivity index (χ4n) is 1.45. The van der Waals surface area contributed by atoms with E-state index in [1.807, 2.05) is 12.1 Å². The predicted molar refractivity (Wildman–Crippen MR) is 70.0 cm³/mol. The summed E-state index contributed by atoms with van der Waals surface area (Å²) in [7, 11) is 0. The largest absolute Gasteiger partial charge is 0.618 e. The Hall–Kier alpha value is -2.62. The summed E-state index contributed by atoms with van der Waals surface area (Å²) < 4.78 is 1.58. The van der Waals surface area contributed by atoms with Crippen LogP contribution >= 0.6 is 0 Å². The van der Waals surface area contributed by atoms with Gasteiger partial charge in [-0.3, -0.25) is 5.21 Å². The van der Waals surface area contributed by atoms with Crippen molar-refractivity contribution in [3.63, 3.8) is 0 Å². The molecular formula is C14H13N2O2+.